The number of thiophene rings is 1. The van der Waals surface area contributed by atoms with Crippen molar-refractivity contribution < 1.29 is 23.8 Å². The van der Waals surface area contributed by atoms with Gasteiger partial charge in [0.1, 0.15) is 13.2 Å². The molecule has 0 spiro atoms. The van der Waals surface area contributed by atoms with Crippen LogP contribution < -0.4 is 9.47 Å². The summed E-state index contributed by atoms with van der Waals surface area (Å²) in [6.45, 7) is 3.49. The van der Waals surface area contributed by atoms with E-state index in [1.54, 1.807) is 42.6 Å². The van der Waals surface area contributed by atoms with Crippen molar-refractivity contribution >= 4 is 23.2 Å². The van der Waals surface area contributed by atoms with E-state index < -0.39 is 0 Å². The molecule has 2 amide bonds. The van der Waals surface area contributed by atoms with Gasteiger partial charge in [0.25, 0.3) is 5.91 Å². The van der Waals surface area contributed by atoms with Gasteiger partial charge in [-0.25, -0.2) is 0 Å². The van der Waals surface area contributed by atoms with Crippen molar-refractivity contribution in [1.82, 2.24) is 9.80 Å². The van der Waals surface area contributed by atoms with Gasteiger partial charge in [-0.3, -0.25) is 9.59 Å². The molecule has 1 aromatic heterocycles. The summed E-state index contributed by atoms with van der Waals surface area (Å²) in [5, 5.41) is 2.06. The summed E-state index contributed by atoms with van der Waals surface area (Å²) in [6, 6.07) is 16.7. The first-order valence-corrected chi connectivity index (χ1v) is 12.9. The minimum absolute atomic E-state index is 0.0271. The lowest BCUT2D eigenvalue weighted by Gasteiger charge is -2.37. The molecule has 1 atom stereocenters. The van der Waals surface area contributed by atoms with Crippen LogP contribution in [0.2, 0.25) is 0 Å². The van der Waals surface area contributed by atoms with Crippen LogP contribution in [0.5, 0.6) is 11.5 Å². The number of hydrogen-bond donors (Lipinski definition) is 0. The second-order valence-electron chi connectivity index (χ2n) is 8.70. The van der Waals surface area contributed by atoms with Crippen LogP contribution in [-0.2, 0) is 16.0 Å². The van der Waals surface area contributed by atoms with Gasteiger partial charge >= 0.3 is 0 Å². The van der Waals surface area contributed by atoms with E-state index in [0.29, 0.717) is 43.4 Å². The molecule has 8 heteroatoms. The third kappa shape index (κ3) is 5.88. The maximum atomic E-state index is 13.7. The molecular formula is C28H32N2O5S. The van der Waals surface area contributed by atoms with Crippen LogP contribution in [0.25, 0.3) is 0 Å². The van der Waals surface area contributed by atoms with Gasteiger partial charge in [-0.15, -0.1) is 11.3 Å². The topological polar surface area (TPSA) is 68.3 Å². The zero-order chi connectivity index (χ0) is 25.5. The minimum Gasteiger partial charge on any atom is -0.493 e. The highest BCUT2D eigenvalue weighted by Crippen LogP contribution is 2.35. The predicted octanol–water partition coefficient (Wildman–Crippen LogP) is 4.36. The minimum atomic E-state index is -0.254. The summed E-state index contributed by atoms with van der Waals surface area (Å²) in [5.41, 5.74) is 2.73. The van der Waals surface area contributed by atoms with E-state index in [1.807, 2.05) is 48.2 Å². The standard InChI is InChI=1S/C28H32N2O5S/c1-20-8-10-21(11-9-20)28(32)29(15-16-33-2)18-27(31)30-14-12-26-22(13-17-36-26)23(30)19-35-25-7-5-4-6-24(25)34-3/h4-11,13,17,23H,12,14-16,18-19H2,1-3H3/t23-/m1/s1. The number of fused-ring (bicyclic) bond motifs is 1. The normalized spacial score (nSPS) is 14.8. The average Bonchev–Trinajstić information content (AvgIpc) is 3.39. The lowest BCUT2D eigenvalue weighted by Crippen LogP contribution is -2.48. The fourth-order valence-electron chi connectivity index (χ4n) is 4.37. The molecule has 0 bridgehead atoms. The number of amides is 2. The van der Waals surface area contributed by atoms with Gasteiger partial charge in [0.15, 0.2) is 11.5 Å². The molecule has 2 heterocycles. The Morgan fingerprint density at radius 3 is 2.53 bits per heavy atom. The molecule has 0 fully saturated rings. The predicted molar refractivity (Wildman–Crippen MR) is 140 cm³/mol. The van der Waals surface area contributed by atoms with E-state index in [2.05, 4.69) is 11.4 Å². The molecule has 7 nitrogen and oxygen atoms in total. The van der Waals surface area contributed by atoms with Gasteiger partial charge in [0.05, 0.1) is 19.8 Å². The summed E-state index contributed by atoms with van der Waals surface area (Å²) in [5.74, 6) is 0.977. The second kappa shape index (κ2) is 12.1. The van der Waals surface area contributed by atoms with Crippen LogP contribution in [0, 0.1) is 6.92 Å². The summed E-state index contributed by atoms with van der Waals surface area (Å²) in [4.78, 5) is 31.6. The molecule has 0 aliphatic carbocycles. The second-order valence-corrected chi connectivity index (χ2v) is 9.70. The van der Waals surface area contributed by atoms with E-state index in [-0.39, 0.29) is 24.4 Å². The van der Waals surface area contributed by atoms with Crippen molar-refractivity contribution in [3.8, 4) is 11.5 Å². The lowest BCUT2D eigenvalue weighted by molar-refractivity contribution is -0.135. The first kappa shape index (κ1) is 25.7. The third-order valence-corrected chi connectivity index (χ3v) is 7.35. The highest BCUT2D eigenvalue weighted by Gasteiger charge is 2.33. The number of nitrogens with zero attached hydrogens (tertiary/aromatic N) is 2. The fourth-order valence-corrected chi connectivity index (χ4v) is 5.30. The van der Waals surface area contributed by atoms with Gasteiger partial charge in [0, 0.05) is 30.6 Å². The molecule has 0 saturated carbocycles. The van der Waals surface area contributed by atoms with Gasteiger partial charge in [-0.1, -0.05) is 29.8 Å². The zero-order valence-electron chi connectivity index (χ0n) is 20.9. The Balaban J connectivity index is 1.53. The molecular weight excluding hydrogens is 476 g/mol. The van der Waals surface area contributed by atoms with Crippen molar-refractivity contribution in [1.29, 1.82) is 0 Å². The van der Waals surface area contributed by atoms with Gasteiger partial charge in [0.2, 0.25) is 5.91 Å². The summed E-state index contributed by atoms with van der Waals surface area (Å²) >= 11 is 1.70. The highest BCUT2D eigenvalue weighted by molar-refractivity contribution is 7.10. The largest absolute Gasteiger partial charge is 0.493 e. The van der Waals surface area contributed by atoms with Gasteiger partial charge in [-0.2, -0.15) is 0 Å². The summed E-state index contributed by atoms with van der Waals surface area (Å²) < 4.78 is 16.8. The monoisotopic (exact) mass is 508 g/mol. The average molecular weight is 509 g/mol. The Labute approximate surface area is 216 Å². The number of carbonyl (C=O) groups is 2. The zero-order valence-corrected chi connectivity index (χ0v) is 21.8. The number of carbonyl (C=O) groups excluding carboxylic acids is 2. The van der Waals surface area contributed by atoms with Crippen LogP contribution >= 0.6 is 11.3 Å². The summed E-state index contributed by atoms with van der Waals surface area (Å²) in [7, 11) is 3.19. The number of para-hydroxylation sites is 2. The molecule has 0 N–H and O–H groups in total. The van der Waals surface area contributed by atoms with Gasteiger partial charge in [-0.05, 0) is 54.6 Å². The van der Waals surface area contributed by atoms with Gasteiger partial charge < -0.3 is 24.0 Å². The van der Waals surface area contributed by atoms with E-state index in [4.69, 9.17) is 14.2 Å². The molecule has 190 valence electrons. The van der Waals surface area contributed by atoms with Crippen molar-refractivity contribution in [2.24, 2.45) is 0 Å². The number of aryl methyl sites for hydroxylation is 1. The van der Waals surface area contributed by atoms with E-state index in [1.165, 1.54) is 4.88 Å². The van der Waals surface area contributed by atoms with E-state index >= 15 is 0 Å². The smallest absolute Gasteiger partial charge is 0.254 e. The molecule has 36 heavy (non-hydrogen) atoms. The lowest BCUT2D eigenvalue weighted by atomic mass is 10.0. The maximum Gasteiger partial charge on any atom is 0.254 e. The van der Waals surface area contributed by atoms with E-state index in [0.717, 1.165) is 17.5 Å². The number of rotatable bonds is 10. The SMILES string of the molecule is COCCN(CC(=O)N1CCc2sccc2[C@H]1COc1ccccc1OC)C(=O)c1ccc(C)cc1. The fraction of sp³-hybridized carbons (Fsp3) is 0.357. The Kier molecular flexibility index (Phi) is 8.61. The van der Waals surface area contributed by atoms with Crippen LogP contribution in [0.4, 0.5) is 0 Å². The van der Waals surface area contributed by atoms with E-state index in [9.17, 15) is 9.59 Å². The number of benzene rings is 2. The van der Waals surface area contributed by atoms with Crippen LogP contribution in [0.1, 0.15) is 32.4 Å². The molecule has 1 aliphatic rings. The van der Waals surface area contributed by atoms with Crippen molar-refractivity contribution in [2.75, 3.05) is 47.1 Å². The van der Waals surface area contributed by atoms with Crippen LogP contribution in [0.15, 0.2) is 60.0 Å². The Hall–Kier alpha value is -3.36. The van der Waals surface area contributed by atoms with Crippen LogP contribution in [-0.4, -0.2) is 68.7 Å². The van der Waals surface area contributed by atoms with Crippen molar-refractivity contribution in [3.63, 3.8) is 0 Å². The number of ether oxygens (including phenoxy) is 3. The maximum absolute atomic E-state index is 13.7. The number of methoxy groups -OCH3 is 2. The van der Waals surface area contributed by atoms with Crippen molar-refractivity contribution in [2.45, 2.75) is 19.4 Å². The highest BCUT2D eigenvalue weighted by atomic mass is 32.1. The molecule has 1 aliphatic heterocycles. The first-order valence-electron chi connectivity index (χ1n) is 12.0. The Morgan fingerprint density at radius 1 is 1.06 bits per heavy atom. The first-order chi connectivity index (χ1) is 17.5. The molecule has 0 radical (unpaired) electrons. The Bertz CT molecular complexity index is 1180. The molecule has 2 aromatic carbocycles. The molecule has 3 aromatic rings. The molecule has 4 rings (SSSR count). The Morgan fingerprint density at radius 2 is 1.81 bits per heavy atom. The van der Waals surface area contributed by atoms with Crippen LogP contribution in [0.3, 0.4) is 0 Å². The summed E-state index contributed by atoms with van der Waals surface area (Å²) in [6.07, 6.45) is 0.786. The number of hydrogen-bond acceptors (Lipinski definition) is 6. The molecule has 0 unspecified atom stereocenters. The third-order valence-electron chi connectivity index (χ3n) is 6.36. The molecule has 0 saturated heterocycles. The quantitative estimate of drug-likeness (QED) is 0.407. The van der Waals surface area contributed by atoms with Crippen molar-refractivity contribution in [3.05, 3.63) is 81.5 Å².